The molecule has 0 aliphatic carbocycles. The molecule has 1 heterocycles. The summed E-state index contributed by atoms with van der Waals surface area (Å²) in [7, 11) is 0. The Kier molecular flexibility index (Phi) is 7.16. The van der Waals surface area contributed by atoms with Crippen LogP contribution < -0.4 is 5.73 Å². The second-order valence-electron chi connectivity index (χ2n) is 4.26. The lowest BCUT2D eigenvalue weighted by atomic mass is 10.0. The normalized spacial score (nSPS) is 18.9. The average Bonchev–Trinajstić information content (AvgIpc) is 2.37. The van der Waals surface area contributed by atoms with Crippen LogP contribution in [-0.4, -0.2) is 45.0 Å². The van der Waals surface area contributed by atoms with E-state index in [4.69, 9.17) is 19.9 Å². The molecule has 0 saturated carbocycles. The molecule has 1 rings (SSSR count). The molecule has 5 heteroatoms. The van der Waals surface area contributed by atoms with E-state index in [1.54, 1.807) is 0 Å². The second kappa shape index (κ2) is 8.44. The number of hydrogen-bond donors (Lipinski definition) is 1. The molecule has 1 aliphatic rings. The van der Waals surface area contributed by atoms with E-state index < -0.39 is 0 Å². The molecule has 17 heavy (non-hydrogen) atoms. The van der Waals surface area contributed by atoms with Gasteiger partial charge < -0.3 is 19.9 Å². The topological polar surface area (TPSA) is 70.8 Å². The minimum atomic E-state index is -0.222. The Hall–Kier alpha value is -0.650. The fraction of sp³-hybridized carbons (Fsp3) is 0.917. The van der Waals surface area contributed by atoms with E-state index in [1.165, 1.54) is 0 Å². The third-order valence-corrected chi connectivity index (χ3v) is 2.88. The largest absolute Gasteiger partial charge is 0.465 e. The minimum absolute atomic E-state index is 0.220. The van der Waals surface area contributed by atoms with Crippen LogP contribution in [0.2, 0.25) is 0 Å². The fourth-order valence-electron chi connectivity index (χ4n) is 1.81. The molecule has 0 spiro atoms. The molecule has 5 nitrogen and oxygen atoms in total. The third-order valence-electron chi connectivity index (χ3n) is 2.88. The van der Waals surface area contributed by atoms with Crippen molar-refractivity contribution in [2.75, 3.05) is 33.0 Å². The first-order valence-corrected chi connectivity index (χ1v) is 6.31. The molecular weight excluding hydrogens is 222 g/mol. The Bertz CT molecular complexity index is 217. The second-order valence-corrected chi connectivity index (χ2v) is 4.26. The van der Waals surface area contributed by atoms with Crippen LogP contribution in [0.1, 0.15) is 26.2 Å². The first-order valence-electron chi connectivity index (χ1n) is 6.31. The number of ether oxygens (including phenoxy) is 3. The van der Waals surface area contributed by atoms with Gasteiger partial charge in [-0.2, -0.15) is 0 Å². The van der Waals surface area contributed by atoms with Gasteiger partial charge >= 0.3 is 5.97 Å². The Labute approximate surface area is 103 Å². The Balaban J connectivity index is 2.14. The smallest absolute Gasteiger partial charge is 0.308 e. The van der Waals surface area contributed by atoms with E-state index >= 15 is 0 Å². The maximum atomic E-state index is 11.5. The maximum absolute atomic E-state index is 11.5. The summed E-state index contributed by atoms with van der Waals surface area (Å²) in [5.41, 5.74) is 5.50. The van der Waals surface area contributed by atoms with Crippen molar-refractivity contribution in [2.45, 2.75) is 32.3 Å². The van der Waals surface area contributed by atoms with Gasteiger partial charge in [-0.05, 0) is 25.7 Å². The van der Waals surface area contributed by atoms with Crippen LogP contribution in [0.3, 0.4) is 0 Å². The van der Waals surface area contributed by atoms with Gasteiger partial charge in [0.2, 0.25) is 0 Å². The van der Waals surface area contributed by atoms with Crippen molar-refractivity contribution in [1.82, 2.24) is 0 Å². The molecule has 100 valence electrons. The number of nitrogens with two attached hydrogens (primary N) is 1. The Morgan fingerprint density at radius 3 is 2.76 bits per heavy atom. The van der Waals surface area contributed by atoms with Crippen molar-refractivity contribution in [3.8, 4) is 0 Å². The van der Waals surface area contributed by atoms with Gasteiger partial charge in [-0.15, -0.1) is 0 Å². The van der Waals surface area contributed by atoms with Crippen LogP contribution in [0, 0.1) is 5.92 Å². The van der Waals surface area contributed by atoms with Crippen LogP contribution in [-0.2, 0) is 19.0 Å². The zero-order valence-corrected chi connectivity index (χ0v) is 10.5. The van der Waals surface area contributed by atoms with Gasteiger partial charge in [-0.1, -0.05) is 0 Å². The lowest BCUT2D eigenvalue weighted by Crippen LogP contribution is -2.29. The van der Waals surface area contributed by atoms with Crippen LogP contribution in [0.25, 0.3) is 0 Å². The van der Waals surface area contributed by atoms with E-state index in [2.05, 4.69) is 0 Å². The summed E-state index contributed by atoms with van der Waals surface area (Å²) >= 11 is 0. The van der Waals surface area contributed by atoms with Crippen molar-refractivity contribution in [2.24, 2.45) is 11.7 Å². The van der Waals surface area contributed by atoms with Crippen molar-refractivity contribution in [3.05, 3.63) is 0 Å². The quantitative estimate of drug-likeness (QED) is 0.669. The molecular formula is C12H23NO4. The highest BCUT2D eigenvalue weighted by Crippen LogP contribution is 2.15. The molecule has 1 unspecified atom stereocenters. The molecule has 0 aromatic carbocycles. The van der Waals surface area contributed by atoms with Crippen LogP contribution in [0.5, 0.6) is 0 Å². The van der Waals surface area contributed by atoms with Crippen molar-refractivity contribution >= 4 is 5.97 Å². The zero-order chi connectivity index (χ0) is 12.5. The highest BCUT2D eigenvalue weighted by molar-refractivity contribution is 5.70. The first-order chi connectivity index (χ1) is 8.26. The maximum Gasteiger partial charge on any atom is 0.308 e. The number of hydrogen-bond acceptors (Lipinski definition) is 5. The highest BCUT2D eigenvalue weighted by Gasteiger charge is 2.18. The van der Waals surface area contributed by atoms with Gasteiger partial charge in [0.25, 0.3) is 0 Å². The SMILES string of the molecule is CCOC(CN)CC(=O)OCC1CCOCC1. The Morgan fingerprint density at radius 1 is 1.47 bits per heavy atom. The van der Waals surface area contributed by atoms with Gasteiger partial charge in [-0.25, -0.2) is 0 Å². The first kappa shape index (κ1) is 14.4. The summed E-state index contributed by atoms with van der Waals surface area (Å²) in [6.07, 6.45) is 1.97. The van der Waals surface area contributed by atoms with Gasteiger partial charge in [-0.3, -0.25) is 4.79 Å². The molecule has 0 amide bonds. The summed E-state index contributed by atoms with van der Waals surface area (Å²) in [5, 5.41) is 0. The van der Waals surface area contributed by atoms with Gasteiger partial charge in [0.05, 0.1) is 19.1 Å². The summed E-state index contributed by atoms with van der Waals surface area (Å²) in [6.45, 7) is 4.83. The van der Waals surface area contributed by atoms with E-state index in [9.17, 15) is 4.79 Å². The number of carbonyl (C=O) groups excluding carboxylic acids is 1. The molecule has 1 fully saturated rings. The molecule has 1 atom stereocenters. The Morgan fingerprint density at radius 2 is 2.18 bits per heavy atom. The standard InChI is InChI=1S/C12H23NO4/c1-2-16-11(8-13)7-12(14)17-9-10-3-5-15-6-4-10/h10-11H,2-9,13H2,1H3. The summed E-state index contributed by atoms with van der Waals surface area (Å²) in [6, 6.07) is 0. The summed E-state index contributed by atoms with van der Waals surface area (Å²) in [4.78, 5) is 11.5. The van der Waals surface area contributed by atoms with E-state index in [0.29, 0.717) is 25.7 Å². The predicted molar refractivity (Wildman–Crippen MR) is 63.6 cm³/mol. The number of esters is 1. The van der Waals surface area contributed by atoms with Gasteiger partial charge in [0.1, 0.15) is 0 Å². The molecule has 2 N–H and O–H groups in total. The minimum Gasteiger partial charge on any atom is -0.465 e. The molecule has 0 aromatic heterocycles. The van der Waals surface area contributed by atoms with E-state index in [1.807, 2.05) is 6.92 Å². The molecule has 1 aliphatic heterocycles. The summed E-state index contributed by atoms with van der Waals surface area (Å²) in [5.74, 6) is 0.219. The highest BCUT2D eigenvalue weighted by atomic mass is 16.5. The zero-order valence-electron chi connectivity index (χ0n) is 10.5. The molecule has 0 aromatic rings. The fourth-order valence-corrected chi connectivity index (χ4v) is 1.81. The lowest BCUT2D eigenvalue weighted by Gasteiger charge is -2.22. The van der Waals surface area contributed by atoms with E-state index in [-0.39, 0.29) is 18.5 Å². The van der Waals surface area contributed by atoms with E-state index in [0.717, 1.165) is 26.1 Å². The van der Waals surface area contributed by atoms with Crippen LogP contribution in [0.4, 0.5) is 0 Å². The monoisotopic (exact) mass is 245 g/mol. The third kappa shape index (κ3) is 6.00. The van der Waals surface area contributed by atoms with Crippen molar-refractivity contribution in [1.29, 1.82) is 0 Å². The summed E-state index contributed by atoms with van der Waals surface area (Å²) < 4.78 is 15.8. The van der Waals surface area contributed by atoms with Crippen LogP contribution in [0.15, 0.2) is 0 Å². The average molecular weight is 245 g/mol. The van der Waals surface area contributed by atoms with Gasteiger partial charge in [0.15, 0.2) is 0 Å². The van der Waals surface area contributed by atoms with Gasteiger partial charge in [0, 0.05) is 26.4 Å². The predicted octanol–water partition coefficient (Wildman–Crippen LogP) is 0.710. The molecule has 0 bridgehead atoms. The number of rotatable bonds is 7. The molecule has 1 saturated heterocycles. The van der Waals surface area contributed by atoms with Crippen LogP contribution >= 0.6 is 0 Å². The van der Waals surface area contributed by atoms with Crippen molar-refractivity contribution in [3.63, 3.8) is 0 Å². The van der Waals surface area contributed by atoms with Crippen molar-refractivity contribution < 1.29 is 19.0 Å². The lowest BCUT2D eigenvalue weighted by molar-refractivity contribution is -0.149. The number of carbonyl (C=O) groups is 1. The molecule has 0 radical (unpaired) electrons.